The second-order valence-electron chi connectivity index (χ2n) is 21.2. The summed E-state index contributed by atoms with van der Waals surface area (Å²) in [5.41, 5.74) is -3.49. The van der Waals surface area contributed by atoms with E-state index in [2.05, 4.69) is 27.7 Å². The molecule has 0 aromatic carbocycles. The third kappa shape index (κ3) is 6.80. The highest BCUT2D eigenvalue weighted by molar-refractivity contribution is 5.22. The van der Waals surface area contributed by atoms with Crippen LogP contribution < -0.4 is 0 Å². The van der Waals surface area contributed by atoms with Crippen LogP contribution in [-0.4, -0.2) is 161 Å². The van der Waals surface area contributed by atoms with Crippen molar-refractivity contribution in [3.63, 3.8) is 0 Å². The standard InChI is InChI=1S/C42H72O15/c1-37(2)25(46)10-12-39(5)24-15-20(45)27-19(42(8)14-11-26(57-42)38(3,4)52)9-13-40(27,6)41(24,7)16-21(34(37)39)53-36-33(31(50)29(48)23(18-44)55-36)56-35-32(51)30(49)28(47)22(17-43)54-35/h19-36,43-52H,9-18H2,1-8H3/t19?,20-,21+,22-,23-,24-,25+,26+,27+,28-,29-,30+,31+,32-,33-,34+,35+,36-,39-,40-,41-,42+/m1/s1. The van der Waals surface area contributed by atoms with Crippen LogP contribution in [0.15, 0.2) is 0 Å². The Balaban J connectivity index is 1.26. The molecule has 0 aromatic heterocycles. The molecule has 330 valence electrons. The predicted molar refractivity (Wildman–Crippen MR) is 202 cm³/mol. The van der Waals surface area contributed by atoms with Gasteiger partial charge in [-0.15, -0.1) is 0 Å². The molecule has 0 amide bonds. The highest BCUT2D eigenvalue weighted by Gasteiger charge is 2.74. The summed E-state index contributed by atoms with van der Waals surface area (Å²) in [4.78, 5) is 0. The molecule has 15 heteroatoms. The zero-order valence-corrected chi connectivity index (χ0v) is 35.0. The molecule has 57 heavy (non-hydrogen) atoms. The van der Waals surface area contributed by atoms with Crippen molar-refractivity contribution in [2.75, 3.05) is 13.2 Å². The quantitative estimate of drug-likeness (QED) is 0.148. The molecule has 3 aliphatic heterocycles. The lowest BCUT2D eigenvalue weighted by atomic mass is 9.34. The van der Waals surface area contributed by atoms with Crippen molar-refractivity contribution in [2.45, 2.75) is 204 Å². The van der Waals surface area contributed by atoms with E-state index in [1.165, 1.54) is 0 Å². The van der Waals surface area contributed by atoms with E-state index < -0.39 is 126 Å². The molecular formula is C42H72O15. The second kappa shape index (κ2) is 15.0. The SMILES string of the molecule is CC(C)(O)[C@@H]1CC[C@@](C)(C2CC[C@]3(C)[C@@H]2[C@H](O)C[C@@H]2[C@@]4(C)CC[C@H](O)C(C)(C)[C@@H]4[C@@H](O[C@@H]4O[C@H](CO)[C@@H](O)[C@H](O)[C@H]4O[C@@H]4O[C@H](CO)[C@@H](O)[C@H](O)[C@H]4O)C[C@]23C)O1. The van der Waals surface area contributed by atoms with Gasteiger partial charge in [0.25, 0.3) is 0 Å². The van der Waals surface area contributed by atoms with Gasteiger partial charge in [-0.25, -0.2) is 0 Å². The maximum absolute atomic E-state index is 12.4. The molecule has 7 rings (SSSR count). The van der Waals surface area contributed by atoms with E-state index in [1.807, 2.05) is 13.8 Å². The largest absolute Gasteiger partial charge is 0.394 e. The first-order chi connectivity index (χ1) is 26.4. The second-order valence-corrected chi connectivity index (χ2v) is 21.2. The number of aliphatic hydroxyl groups excluding tert-OH is 9. The van der Waals surface area contributed by atoms with Crippen LogP contribution in [0.5, 0.6) is 0 Å². The highest BCUT2D eigenvalue weighted by atomic mass is 16.8. The molecule has 10 N–H and O–H groups in total. The smallest absolute Gasteiger partial charge is 0.187 e. The number of fused-ring (bicyclic) bond motifs is 5. The van der Waals surface area contributed by atoms with Crippen LogP contribution in [-0.2, 0) is 23.7 Å². The lowest BCUT2D eigenvalue weighted by Crippen LogP contribution is -2.71. The number of rotatable bonds is 8. The average Bonchev–Trinajstić information content (AvgIpc) is 3.73. The van der Waals surface area contributed by atoms with Crippen molar-refractivity contribution in [1.82, 2.24) is 0 Å². The molecule has 3 saturated heterocycles. The van der Waals surface area contributed by atoms with Crippen molar-refractivity contribution >= 4 is 0 Å². The normalized spacial score (nSPS) is 56.5. The first-order valence-electron chi connectivity index (χ1n) is 21.4. The molecule has 0 bridgehead atoms. The number of hydrogen-bond donors (Lipinski definition) is 10. The third-order valence-corrected chi connectivity index (χ3v) is 17.4. The van der Waals surface area contributed by atoms with Crippen molar-refractivity contribution in [3.8, 4) is 0 Å². The zero-order chi connectivity index (χ0) is 42.0. The minimum Gasteiger partial charge on any atom is -0.394 e. The van der Waals surface area contributed by atoms with E-state index >= 15 is 0 Å². The molecule has 7 aliphatic rings. The van der Waals surface area contributed by atoms with Gasteiger partial charge in [-0.1, -0.05) is 34.6 Å². The number of aliphatic hydroxyl groups is 10. The van der Waals surface area contributed by atoms with Gasteiger partial charge in [0.15, 0.2) is 12.6 Å². The zero-order valence-electron chi connectivity index (χ0n) is 35.0. The van der Waals surface area contributed by atoms with Crippen LogP contribution in [0.3, 0.4) is 0 Å². The van der Waals surface area contributed by atoms with Crippen LogP contribution in [0.4, 0.5) is 0 Å². The van der Waals surface area contributed by atoms with E-state index in [0.29, 0.717) is 25.7 Å². The summed E-state index contributed by atoms with van der Waals surface area (Å²) in [7, 11) is 0. The summed E-state index contributed by atoms with van der Waals surface area (Å²) < 4.78 is 31.8. The van der Waals surface area contributed by atoms with Gasteiger partial charge >= 0.3 is 0 Å². The van der Waals surface area contributed by atoms with Gasteiger partial charge in [-0.3, -0.25) is 0 Å². The summed E-state index contributed by atoms with van der Waals surface area (Å²) in [6.07, 6.45) is -12.6. The average molecular weight is 817 g/mol. The Kier molecular flexibility index (Phi) is 11.7. The lowest BCUT2D eigenvalue weighted by Gasteiger charge is -2.72. The van der Waals surface area contributed by atoms with Crippen LogP contribution in [0.1, 0.15) is 107 Å². The van der Waals surface area contributed by atoms with E-state index in [9.17, 15) is 51.1 Å². The maximum Gasteiger partial charge on any atom is 0.187 e. The van der Waals surface area contributed by atoms with E-state index in [4.69, 9.17) is 23.7 Å². The van der Waals surface area contributed by atoms with Crippen LogP contribution in [0, 0.1) is 45.3 Å². The monoisotopic (exact) mass is 816 g/mol. The van der Waals surface area contributed by atoms with Crippen LogP contribution >= 0.6 is 0 Å². The van der Waals surface area contributed by atoms with Gasteiger partial charge in [0.2, 0.25) is 0 Å². The molecule has 0 spiro atoms. The first kappa shape index (κ1) is 44.5. The molecule has 3 heterocycles. The minimum absolute atomic E-state index is 0.0316. The maximum atomic E-state index is 12.4. The molecule has 4 saturated carbocycles. The van der Waals surface area contributed by atoms with E-state index in [1.54, 1.807) is 13.8 Å². The summed E-state index contributed by atoms with van der Waals surface area (Å²) in [5, 5.41) is 109. The minimum atomic E-state index is -1.81. The number of ether oxygens (including phenoxy) is 5. The van der Waals surface area contributed by atoms with Crippen molar-refractivity contribution in [3.05, 3.63) is 0 Å². The topological polar surface area (TPSA) is 248 Å². The molecule has 1 unspecified atom stereocenters. The van der Waals surface area contributed by atoms with Gasteiger partial charge in [0.05, 0.1) is 48.8 Å². The summed E-state index contributed by atoms with van der Waals surface area (Å²) in [6.45, 7) is 15.3. The van der Waals surface area contributed by atoms with E-state index in [0.717, 1.165) is 25.7 Å². The molecular weight excluding hydrogens is 744 g/mol. The fourth-order valence-electron chi connectivity index (χ4n) is 14.1. The molecule has 22 atom stereocenters. The molecule has 0 radical (unpaired) electrons. The van der Waals surface area contributed by atoms with Crippen molar-refractivity contribution < 1.29 is 74.7 Å². The Bertz CT molecular complexity index is 1440. The Hall–Kier alpha value is -0.600. The first-order valence-corrected chi connectivity index (χ1v) is 21.4. The van der Waals surface area contributed by atoms with Crippen molar-refractivity contribution in [1.29, 1.82) is 0 Å². The van der Waals surface area contributed by atoms with Gasteiger partial charge in [0.1, 0.15) is 48.8 Å². The molecule has 7 fully saturated rings. The van der Waals surface area contributed by atoms with Gasteiger partial charge in [0, 0.05) is 0 Å². The summed E-state index contributed by atoms with van der Waals surface area (Å²) in [6, 6.07) is 0. The Morgan fingerprint density at radius 3 is 1.89 bits per heavy atom. The van der Waals surface area contributed by atoms with Crippen molar-refractivity contribution in [2.24, 2.45) is 45.3 Å². The summed E-state index contributed by atoms with van der Waals surface area (Å²) in [5.74, 6) is -0.343. The van der Waals surface area contributed by atoms with E-state index in [-0.39, 0.29) is 29.8 Å². The Labute approximate surface area is 336 Å². The highest BCUT2D eigenvalue weighted by Crippen LogP contribution is 2.76. The fraction of sp³-hybridized carbons (Fsp3) is 1.00. The van der Waals surface area contributed by atoms with Gasteiger partial charge < -0.3 is 74.7 Å². The Morgan fingerprint density at radius 2 is 1.30 bits per heavy atom. The summed E-state index contributed by atoms with van der Waals surface area (Å²) >= 11 is 0. The van der Waals surface area contributed by atoms with Crippen LogP contribution in [0.25, 0.3) is 0 Å². The number of hydrogen-bond acceptors (Lipinski definition) is 15. The molecule has 15 nitrogen and oxygen atoms in total. The molecule has 0 aromatic rings. The van der Waals surface area contributed by atoms with Gasteiger partial charge in [-0.05, 0) is 117 Å². The Morgan fingerprint density at radius 1 is 0.684 bits per heavy atom. The van der Waals surface area contributed by atoms with Gasteiger partial charge in [-0.2, -0.15) is 0 Å². The lowest BCUT2D eigenvalue weighted by molar-refractivity contribution is -0.383. The molecule has 4 aliphatic carbocycles. The van der Waals surface area contributed by atoms with Crippen LogP contribution in [0.2, 0.25) is 0 Å². The third-order valence-electron chi connectivity index (χ3n) is 17.4. The fourth-order valence-corrected chi connectivity index (χ4v) is 14.1. The predicted octanol–water partition coefficient (Wildman–Crippen LogP) is 0.331.